The van der Waals surface area contributed by atoms with Crippen molar-refractivity contribution in [2.75, 3.05) is 18.4 Å². The average molecular weight is 254 g/mol. The highest BCUT2D eigenvalue weighted by Crippen LogP contribution is 2.14. The van der Waals surface area contributed by atoms with Crippen LogP contribution in [-0.4, -0.2) is 34.7 Å². The third-order valence-electron chi connectivity index (χ3n) is 2.36. The van der Waals surface area contributed by atoms with Crippen molar-refractivity contribution in [2.45, 2.75) is 26.4 Å². The van der Waals surface area contributed by atoms with Gasteiger partial charge in [-0.25, -0.2) is 9.18 Å². The summed E-state index contributed by atoms with van der Waals surface area (Å²) in [6.45, 7) is 5.65. The third kappa shape index (κ3) is 4.33. The zero-order valence-corrected chi connectivity index (χ0v) is 10.9. The molecule has 0 bridgehead atoms. The molecule has 100 valence electrons. The zero-order chi connectivity index (χ0) is 13.8. The summed E-state index contributed by atoms with van der Waals surface area (Å²) < 4.78 is 13.4. The zero-order valence-electron chi connectivity index (χ0n) is 10.9. The van der Waals surface area contributed by atoms with E-state index in [9.17, 15) is 14.3 Å². The molecule has 18 heavy (non-hydrogen) atoms. The molecule has 2 amide bonds. The van der Waals surface area contributed by atoms with E-state index in [1.54, 1.807) is 32.9 Å². The lowest BCUT2D eigenvalue weighted by atomic mass is 10.1. The van der Waals surface area contributed by atoms with Crippen molar-refractivity contribution in [1.82, 2.24) is 4.90 Å². The van der Waals surface area contributed by atoms with Crippen molar-refractivity contribution in [3.8, 4) is 0 Å². The largest absolute Gasteiger partial charge is 0.389 e. The number of carbonyl (C=O) groups excluding carboxylic acids is 1. The van der Waals surface area contributed by atoms with E-state index < -0.39 is 17.4 Å². The number of likely N-dealkylation sites (N-methyl/N-ethyl adjacent to an activating group) is 1. The van der Waals surface area contributed by atoms with Crippen molar-refractivity contribution < 1.29 is 14.3 Å². The molecule has 0 radical (unpaired) electrons. The van der Waals surface area contributed by atoms with Crippen LogP contribution in [0.1, 0.15) is 20.8 Å². The van der Waals surface area contributed by atoms with Gasteiger partial charge in [-0.2, -0.15) is 0 Å². The van der Waals surface area contributed by atoms with E-state index in [1.165, 1.54) is 17.0 Å². The Morgan fingerprint density at radius 2 is 2.06 bits per heavy atom. The number of para-hydroxylation sites is 1. The molecule has 0 aliphatic heterocycles. The number of carbonyl (C=O) groups is 1. The molecule has 0 fully saturated rings. The van der Waals surface area contributed by atoms with Crippen LogP contribution in [0.5, 0.6) is 0 Å². The van der Waals surface area contributed by atoms with Crippen molar-refractivity contribution in [2.24, 2.45) is 0 Å². The summed E-state index contributed by atoms with van der Waals surface area (Å²) in [5, 5.41) is 12.2. The fourth-order valence-corrected chi connectivity index (χ4v) is 1.55. The number of nitrogens with zero attached hydrogens (tertiary/aromatic N) is 1. The molecule has 2 N–H and O–H groups in total. The molecule has 1 rings (SSSR count). The average Bonchev–Trinajstić information content (AvgIpc) is 2.27. The molecule has 1 aromatic carbocycles. The van der Waals surface area contributed by atoms with Gasteiger partial charge in [0, 0.05) is 6.54 Å². The highest BCUT2D eigenvalue weighted by atomic mass is 19.1. The molecular formula is C13H19FN2O2. The number of hydrogen-bond donors (Lipinski definition) is 2. The first-order valence-corrected chi connectivity index (χ1v) is 5.86. The summed E-state index contributed by atoms with van der Waals surface area (Å²) in [5.41, 5.74) is -0.848. The lowest BCUT2D eigenvalue weighted by Crippen LogP contribution is -2.44. The molecule has 0 heterocycles. The maximum Gasteiger partial charge on any atom is 0.322 e. The maximum atomic E-state index is 13.4. The molecule has 0 atom stereocenters. The molecule has 5 heteroatoms. The minimum Gasteiger partial charge on any atom is -0.389 e. The Morgan fingerprint density at radius 1 is 1.44 bits per heavy atom. The summed E-state index contributed by atoms with van der Waals surface area (Å²) in [4.78, 5) is 13.3. The van der Waals surface area contributed by atoms with E-state index >= 15 is 0 Å². The Morgan fingerprint density at radius 3 is 2.56 bits per heavy atom. The van der Waals surface area contributed by atoms with Crippen LogP contribution in [0.3, 0.4) is 0 Å². The number of hydrogen-bond acceptors (Lipinski definition) is 2. The Bertz CT molecular complexity index is 416. The first kappa shape index (κ1) is 14.4. The predicted molar refractivity (Wildman–Crippen MR) is 69.0 cm³/mol. The van der Waals surface area contributed by atoms with Crippen LogP contribution in [0.4, 0.5) is 14.9 Å². The summed E-state index contributed by atoms with van der Waals surface area (Å²) in [7, 11) is 0. The Kier molecular flexibility index (Phi) is 4.67. The van der Waals surface area contributed by atoms with Gasteiger partial charge in [0.05, 0.1) is 17.8 Å². The SMILES string of the molecule is CCN(CC(C)(C)O)C(=O)Nc1ccccc1F. The van der Waals surface area contributed by atoms with E-state index in [2.05, 4.69) is 5.32 Å². The Hall–Kier alpha value is -1.62. The van der Waals surface area contributed by atoms with Gasteiger partial charge in [0.2, 0.25) is 0 Å². The second kappa shape index (κ2) is 5.82. The quantitative estimate of drug-likeness (QED) is 0.867. The first-order chi connectivity index (χ1) is 8.33. The molecule has 0 unspecified atom stereocenters. The number of anilines is 1. The highest BCUT2D eigenvalue weighted by Gasteiger charge is 2.21. The summed E-state index contributed by atoms with van der Waals surface area (Å²) in [6, 6.07) is 5.54. The van der Waals surface area contributed by atoms with Gasteiger partial charge in [-0.05, 0) is 32.9 Å². The first-order valence-electron chi connectivity index (χ1n) is 5.86. The van der Waals surface area contributed by atoms with E-state index in [0.717, 1.165) is 0 Å². The molecule has 0 saturated carbocycles. The molecule has 0 saturated heterocycles. The van der Waals surface area contributed by atoms with E-state index in [1.807, 2.05) is 0 Å². The van der Waals surface area contributed by atoms with Crippen LogP contribution in [-0.2, 0) is 0 Å². The number of nitrogens with one attached hydrogen (secondary N) is 1. The lowest BCUT2D eigenvalue weighted by molar-refractivity contribution is 0.0501. The van der Waals surface area contributed by atoms with Crippen LogP contribution in [0.2, 0.25) is 0 Å². The van der Waals surface area contributed by atoms with Crippen LogP contribution < -0.4 is 5.32 Å². The van der Waals surface area contributed by atoms with Crippen LogP contribution in [0.25, 0.3) is 0 Å². The van der Waals surface area contributed by atoms with Gasteiger partial charge in [0.25, 0.3) is 0 Å². The summed E-state index contributed by atoms with van der Waals surface area (Å²) >= 11 is 0. The molecule has 1 aromatic rings. The molecular weight excluding hydrogens is 235 g/mol. The second-order valence-corrected chi connectivity index (χ2v) is 4.74. The minimum absolute atomic E-state index is 0.136. The molecule has 0 aliphatic carbocycles. The number of urea groups is 1. The Balaban J connectivity index is 2.72. The summed E-state index contributed by atoms with van der Waals surface area (Å²) in [6.07, 6.45) is 0. The van der Waals surface area contributed by atoms with Crippen LogP contribution in [0, 0.1) is 5.82 Å². The minimum atomic E-state index is -0.984. The Labute approximate surface area is 106 Å². The number of halogens is 1. The smallest absolute Gasteiger partial charge is 0.322 e. The number of benzene rings is 1. The second-order valence-electron chi connectivity index (χ2n) is 4.74. The van der Waals surface area contributed by atoms with E-state index in [-0.39, 0.29) is 12.2 Å². The standard InChI is InChI=1S/C13H19FN2O2/c1-4-16(9-13(2,3)18)12(17)15-11-8-6-5-7-10(11)14/h5-8,18H,4,9H2,1-3H3,(H,15,17). The molecule has 0 aliphatic rings. The fraction of sp³-hybridized carbons (Fsp3) is 0.462. The monoisotopic (exact) mass is 254 g/mol. The summed E-state index contributed by atoms with van der Waals surface area (Å²) in [5.74, 6) is -0.481. The van der Waals surface area contributed by atoms with Gasteiger partial charge >= 0.3 is 6.03 Å². The highest BCUT2D eigenvalue weighted by molar-refractivity contribution is 5.89. The third-order valence-corrected chi connectivity index (χ3v) is 2.36. The van der Waals surface area contributed by atoms with Gasteiger partial charge in [-0.1, -0.05) is 12.1 Å². The predicted octanol–water partition coefficient (Wildman–Crippen LogP) is 2.45. The number of rotatable bonds is 4. The fourth-order valence-electron chi connectivity index (χ4n) is 1.55. The van der Waals surface area contributed by atoms with Gasteiger partial charge in [-0.15, -0.1) is 0 Å². The van der Waals surface area contributed by atoms with E-state index in [0.29, 0.717) is 6.54 Å². The lowest BCUT2D eigenvalue weighted by Gasteiger charge is -2.28. The number of aliphatic hydroxyl groups is 1. The molecule has 0 aromatic heterocycles. The van der Waals surface area contributed by atoms with Crippen LogP contribution in [0.15, 0.2) is 24.3 Å². The van der Waals surface area contributed by atoms with Crippen LogP contribution >= 0.6 is 0 Å². The maximum absolute atomic E-state index is 13.4. The molecule has 4 nitrogen and oxygen atoms in total. The van der Waals surface area contributed by atoms with E-state index in [4.69, 9.17) is 0 Å². The van der Waals surface area contributed by atoms with Gasteiger partial charge < -0.3 is 15.3 Å². The number of amides is 2. The van der Waals surface area contributed by atoms with Gasteiger partial charge in [-0.3, -0.25) is 0 Å². The van der Waals surface area contributed by atoms with Gasteiger partial charge in [0.1, 0.15) is 5.82 Å². The topological polar surface area (TPSA) is 52.6 Å². The normalized spacial score (nSPS) is 11.2. The van der Waals surface area contributed by atoms with Gasteiger partial charge in [0.15, 0.2) is 0 Å². The molecule has 0 spiro atoms. The van der Waals surface area contributed by atoms with Crippen molar-refractivity contribution in [3.05, 3.63) is 30.1 Å². The van der Waals surface area contributed by atoms with Crippen molar-refractivity contribution >= 4 is 11.7 Å². The van der Waals surface area contributed by atoms with Crippen molar-refractivity contribution in [1.29, 1.82) is 0 Å². The van der Waals surface area contributed by atoms with Crippen molar-refractivity contribution in [3.63, 3.8) is 0 Å².